The van der Waals surface area contributed by atoms with Crippen LogP contribution in [0.25, 0.3) is 0 Å². The highest BCUT2D eigenvalue weighted by molar-refractivity contribution is 5.92. The van der Waals surface area contributed by atoms with Crippen LogP contribution in [0, 0.1) is 27.8 Å². The van der Waals surface area contributed by atoms with Crippen molar-refractivity contribution in [2.45, 2.75) is 0 Å². The molecular formula is C18H19FN6O4. The zero-order valence-electron chi connectivity index (χ0n) is 15.7. The second-order valence-electron chi connectivity index (χ2n) is 6.28. The summed E-state index contributed by atoms with van der Waals surface area (Å²) in [7, 11) is 1.60. The Morgan fingerprint density at radius 2 is 2.14 bits per heavy atom. The minimum atomic E-state index is -0.821. The van der Waals surface area contributed by atoms with Crippen molar-refractivity contribution in [2.75, 3.05) is 39.4 Å². The number of morpholine rings is 1. The molecule has 3 heterocycles. The number of aryl methyl sites for hydroxylation is 1. The standard InChI is InChI=1S/C18H19FN6O4/c1-23-14(2-3-15-17(25(27)28)10-13(19)12-21-15)11-16(22-23)18(26)20-4-5-24-6-8-29-9-7-24/h10-12H,4-9H2,1H3,(H,20,26). The molecule has 1 fully saturated rings. The summed E-state index contributed by atoms with van der Waals surface area (Å²) in [6.07, 6.45) is 0.855. The third kappa shape index (κ3) is 5.34. The normalized spacial score (nSPS) is 14.1. The molecule has 10 nitrogen and oxygen atoms in total. The van der Waals surface area contributed by atoms with Crippen LogP contribution in [-0.2, 0) is 11.8 Å². The van der Waals surface area contributed by atoms with Crippen molar-refractivity contribution in [2.24, 2.45) is 7.05 Å². The number of pyridine rings is 1. The maximum Gasteiger partial charge on any atom is 0.306 e. The number of nitrogens with one attached hydrogen (secondary N) is 1. The third-order valence-electron chi connectivity index (χ3n) is 4.27. The average molecular weight is 402 g/mol. The number of hydrogen-bond acceptors (Lipinski definition) is 7. The van der Waals surface area contributed by atoms with Crippen molar-refractivity contribution >= 4 is 11.6 Å². The second kappa shape index (κ2) is 9.22. The summed E-state index contributed by atoms with van der Waals surface area (Å²) in [6.45, 7) is 4.25. The molecule has 29 heavy (non-hydrogen) atoms. The molecule has 1 aliphatic heterocycles. The molecule has 0 bridgehead atoms. The highest BCUT2D eigenvalue weighted by atomic mass is 19.1. The summed E-state index contributed by atoms with van der Waals surface area (Å²) in [5.41, 5.74) is -0.154. The fourth-order valence-corrected chi connectivity index (χ4v) is 2.73. The van der Waals surface area contributed by atoms with E-state index in [0.29, 0.717) is 32.0 Å². The van der Waals surface area contributed by atoms with Crippen LogP contribution in [-0.4, -0.2) is 69.9 Å². The van der Waals surface area contributed by atoms with Crippen molar-refractivity contribution in [3.63, 3.8) is 0 Å². The predicted octanol–water partition coefficient (Wildman–Crippen LogP) is 0.324. The van der Waals surface area contributed by atoms with Crippen molar-refractivity contribution in [1.29, 1.82) is 0 Å². The number of hydrogen-bond donors (Lipinski definition) is 1. The van der Waals surface area contributed by atoms with Gasteiger partial charge in [0.1, 0.15) is 11.5 Å². The van der Waals surface area contributed by atoms with E-state index in [4.69, 9.17) is 4.74 Å². The second-order valence-corrected chi connectivity index (χ2v) is 6.28. The van der Waals surface area contributed by atoms with Gasteiger partial charge in [0.2, 0.25) is 0 Å². The lowest BCUT2D eigenvalue weighted by molar-refractivity contribution is -0.385. The average Bonchev–Trinajstić information content (AvgIpc) is 3.08. The molecule has 0 unspecified atom stereocenters. The predicted molar refractivity (Wildman–Crippen MR) is 99.6 cm³/mol. The fraction of sp³-hybridized carbons (Fsp3) is 0.389. The molecule has 0 radical (unpaired) electrons. The summed E-state index contributed by atoms with van der Waals surface area (Å²) < 4.78 is 19.8. The molecule has 152 valence electrons. The largest absolute Gasteiger partial charge is 0.379 e. The van der Waals surface area contributed by atoms with E-state index in [1.807, 2.05) is 0 Å². The first-order chi connectivity index (χ1) is 13.9. The molecule has 0 aromatic carbocycles. The van der Waals surface area contributed by atoms with E-state index in [9.17, 15) is 19.3 Å². The summed E-state index contributed by atoms with van der Waals surface area (Å²) in [4.78, 5) is 28.4. The maximum atomic E-state index is 13.2. The molecule has 11 heteroatoms. The number of carbonyl (C=O) groups is 1. The number of rotatable bonds is 5. The van der Waals surface area contributed by atoms with E-state index in [1.54, 1.807) is 7.05 Å². The Hall–Kier alpha value is -3.36. The molecule has 1 N–H and O–H groups in total. The van der Waals surface area contributed by atoms with Crippen LogP contribution in [0.5, 0.6) is 0 Å². The first-order valence-electron chi connectivity index (χ1n) is 8.88. The molecule has 1 amide bonds. The highest BCUT2D eigenvalue weighted by Crippen LogP contribution is 2.16. The van der Waals surface area contributed by atoms with E-state index in [1.165, 1.54) is 10.7 Å². The van der Waals surface area contributed by atoms with E-state index < -0.39 is 16.4 Å². The Bertz CT molecular complexity index is 974. The van der Waals surface area contributed by atoms with Crippen LogP contribution in [0.1, 0.15) is 21.9 Å². The molecule has 0 saturated carbocycles. The lowest BCUT2D eigenvalue weighted by Gasteiger charge is -2.26. The molecule has 2 aromatic heterocycles. The van der Waals surface area contributed by atoms with Crippen LogP contribution in [0.3, 0.4) is 0 Å². The number of aromatic nitrogens is 3. The minimum Gasteiger partial charge on any atom is -0.379 e. The van der Waals surface area contributed by atoms with Crippen LogP contribution in [0.4, 0.5) is 10.1 Å². The summed E-state index contributed by atoms with van der Waals surface area (Å²) >= 11 is 0. The van der Waals surface area contributed by atoms with Gasteiger partial charge in [-0.2, -0.15) is 5.10 Å². The van der Waals surface area contributed by atoms with Crippen LogP contribution >= 0.6 is 0 Å². The number of amides is 1. The number of carbonyl (C=O) groups excluding carboxylic acids is 1. The molecule has 0 atom stereocenters. The van der Waals surface area contributed by atoms with Crippen LogP contribution in [0.15, 0.2) is 18.3 Å². The molecule has 0 spiro atoms. The Morgan fingerprint density at radius 3 is 2.86 bits per heavy atom. The minimum absolute atomic E-state index is 0.172. The summed E-state index contributed by atoms with van der Waals surface area (Å²) in [5, 5.41) is 17.9. The smallest absolute Gasteiger partial charge is 0.306 e. The van der Waals surface area contributed by atoms with Gasteiger partial charge in [-0.05, 0) is 11.8 Å². The van der Waals surface area contributed by atoms with Gasteiger partial charge in [-0.25, -0.2) is 9.37 Å². The Labute approximate surface area is 165 Å². The first kappa shape index (κ1) is 20.4. The zero-order chi connectivity index (χ0) is 20.8. The van der Waals surface area contributed by atoms with Gasteiger partial charge < -0.3 is 10.1 Å². The molecule has 2 aromatic rings. The van der Waals surface area contributed by atoms with Crippen LogP contribution in [0.2, 0.25) is 0 Å². The number of nitro groups is 1. The van der Waals surface area contributed by atoms with Crippen molar-refractivity contribution in [1.82, 2.24) is 25.0 Å². The van der Waals surface area contributed by atoms with Crippen molar-refractivity contribution in [3.05, 3.63) is 51.3 Å². The number of ether oxygens (including phenoxy) is 1. The van der Waals surface area contributed by atoms with Crippen LogP contribution < -0.4 is 5.32 Å². The monoisotopic (exact) mass is 402 g/mol. The van der Waals surface area contributed by atoms with E-state index >= 15 is 0 Å². The maximum absolute atomic E-state index is 13.2. The van der Waals surface area contributed by atoms with Gasteiger partial charge in [0.05, 0.1) is 30.4 Å². The SMILES string of the molecule is Cn1nc(C(=O)NCCN2CCOCC2)cc1C#Cc1ncc(F)cc1[N+](=O)[O-]. The summed E-state index contributed by atoms with van der Waals surface area (Å²) in [6, 6.07) is 2.24. The van der Waals surface area contributed by atoms with Gasteiger partial charge in [-0.3, -0.25) is 24.5 Å². The Kier molecular flexibility index (Phi) is 6.48. The van der Waals surface area contributed by atoms with Gasteiger partial charge in [-0.15, -0.1) is 0 Å². The molecule has 3 rings (SSSR count). The fourth-order valence-electron chi connectivity index (χ4n) is 2.73. The van der Waals surface area contributed by atoms with Crippen molar-refractivity contribution in [3.8, 4) is 11.8 Å². The Morgan fingerprint density at radius 1 is 1.38 bits per heavy atom. The van der Waals surface area contributed by atoms with Gasteiger partial charge in [0.15, 0.2) is 11.4 Å². The van der Waals surface area contributed by atoms with E-state index in [2.05, 4.69) is 32.1 Å². The topological polar surface area (TPSA) is 115 Å². The first-order valence-corrected chi connectivity index (χ1v) is 8.88. The van der Waals surface area contributed by atoms with Gasteiger partial charge in [0, 0.05) is 39.3 Å². The highest BCUT2D eigenvalue weighted by Gasteiger charge is 2.16. The third-order valence-corrected chi connectivity index (χ3v) is 4.27. The lowest BCUT2D eigenvalue weighted by atomic mass is 10.2. The summed E-state index contributed by atoms with van der Waals surface area (Å²) in [5.74, 6) is 4.06. The molecule has 1 saturated heterocycles. The number of halogens is 1. The van der Waals surface area contributed by atoms with Gasteiger partial charge in [-0.1, -0.05) is 0 Å². The zero-order valence-corrected chi connectivity index (χ0v) is 15.7. The van der Waals surface area contributed by atoms with Gasteiger partial charge in [0.25, 0.3) is 5.91 Å². The molecule has 1 aliphatic rings. The lowest BCUT2D eigenvalue weighted by Crippen LogP contribution is -2.41. The van der Waals surface area contributed by atoms with Crippen molar-refractivity contribution < 1.29 is 18.8 Å². The molecule has 0 aliphatic carbocycles. The van der Waals surface area contributed by atoms with Gasteiger partial charge >= 0.3 is 5.69 Å². The quantitative estimate of drug-likeness (QED) is 0.435. The molecular weight excluding hydrogens is 383 g/mol. The number of nitrogens with zero attached hydrogens (tertiary/aromatic N) is 5. The van der Waals surface area contributed by atoms with E-state index in [-0.39, 0.29) is 17.3 Å². The van der Waals surface area contributed by atoms with E-state index in [0.717, 1.165) is 25.4 Å². The Balaban J connectivity index is 1.66.